The van der Waals surface area contributed by atoms with Gasteiger partial charge >= 0.3 is 0 Å². The molecule has 0 aliphatic carbocycles. The molecule has 2 aromatic heterocycles. The molecule has 0 atom stereocenters. The van der Waals surface area contributed by atoms with Gasteiger partial charge < -0.3 is 9.88 Å². The van der Waals surface area contributed by atoms with Crippen molar-refractivity contribution in [3.8, 4) is 0 Å². The molecule has 18 heavy (non-hydrogen) atoms. The molecule has 1 N–H and O–H groups in total. The molecule has 0 bridgehead atoms. The fourth-order valence-corrected chi connectivity index (χ4v) is 1.80. The van der Waals surface area contributed by atoms with Crippen LogP contribution in [-0.4, -0.2) is 26.1 Å². The molecule has 0 aliphatic heterocycles. The predicted octanol–water partition coefficient (Wildman–Crippen LogP) is 2.05. The van der Waals surface area contributed by atoms with Gasteiger partial charge in [0.25, 0.3) is 0 Å². The Balaban J connectivity index is 1.81. The van der Waals surface area contributed by atoms with Crippen molar-refractivity contribution >= 4 is 5.82 Å². The first kappa shape index (κ1) is 12.5. The highest BCUT2D eigenvalue weighted by molar-refractivity contribution is 5.35. The summed E-state index contributed by atoms with van der Waals surface area (Å²) in [6, 6.07) is 2.02. The molecule has 0 amide bonds. The molecule has 2 aromatic rings. The predicted molar refractivity (Wildman–Crippen MR) is 71.5 cm³/mol. The molecule has 0 unspecified atom stereocenters. The average Bonchev–Trinajstić information content (AvgIpc) is 2.87. The minimum absolute atomic E-state index is 0.825. The Morgan fingerprint density at radius 1 is 1.33 bits per heavy atom. The van der Waals surface area contributed by atoms with Crippen molar-refractivity contribution in [1.82, 2.24) is 19.5 Å². The Kier molecular flexibility index (Phi) is 4.28. The molecule has 2 heterocycles. The van der Waals surface area contributed by atoms with Crippen molar-refractivity contribution in [2.45, 2.75) is 33.2 Å². The van der Waals surface area contributed by atoms with E-state index in [2.05, 4.69) is 31.8 Å². The van der Waals surface area contributed by atoms with Gasteiger partial charge in [0, 0.05) is 37.2 Å². The molecule has 0 aliphatic rings. The minimum atomic E-state index is 0.825. The smallest absolute Gasteiger partial charge is 0.129 e. The highest BCUT2D eigenvalue weighted by Gasteiger charge is 1.99. The molecule has 0 radical (unpaired) electrons. The van der Waals surface area contributed by atoms with Crippen LogP contribution in [0.15, 0.2) is 24.8 Å². The van der Waals surface area contributed by atoms with E-state index >= 15 is 0 Å². The van der Waals surface area contributed by atoms with Crippen molar-refractivity contribution in [1.29, 1.82) is 0 Å². The Morgan fingerprint density at radius 3 is 2.94 bits per heavy atom. The lowest BCUT2D eigenvalue weighted by molar-refractivity contribution is 0.659. The summed E-state index contributed by atoms with van der Waals surface area (Å²) in [6.45, 7) is 5.90. The van der Waals surface area contributed by atoms with Crippen molar-refractivity contribution in [3.05, 3.63) is 36.3 Å². The molecular weight excluding hydrogens is 226 g/mol. The minimum Gasteiger partial charge on any atom is -0.370 e. The van der Waals surface area contributed by atoms with Crippen LogP contribution in [0.4, 0.5) is 5.82 Å². The normalized spacial score (nSPS) is 10.6. The number of hydrogen-bond donors (Lipinski definition) is 1. The highest BCUT2D eigenvalue weighted by atomic mass is 15.0. The van der Waals surface area contributed by atoms with E-state index in [1.165, 1.54) is 0 Å². The second-order valence-electron chi connectivity index (χ2n) is 4.23. The lowest BCUT2D eigenvalue weighted by Crippen LogP contribution is -2.08. The molecule has 0 saturated heterocycles. The maximum absolute atomic E-state index is 4.37. The molecule has 2 rings (SSSR count). The van der Waals surface area contributed by atoms with Crippen LogP contribution in [0.1, 0.15) is 24.9 Å². The summed E-state index contributed by atoms with van der Waals surface area (Å²) in [4.78, 5) is 12.7. The van der Waals surface area contributed by atoms with Crippen LogP contribution >= 0.6 is 0 Å². The van der Waals surface area contributed by atoms with E-state index in [0.29, 0.717) is 0 Å². The van der Waals surface area contributed by atoms with Crippen LogP contribution in [0.5, 0.6) is 0 Å². The van der Waals surface area contributed by atoms with Crippen molar-refractivity contribution in [3.63, 3.8) is 0 Å². The van der Waals surface area contributed by atoms with Crippen molar-refractivity contribution in [2.24, 2.45) is 0 Å². The summed E-state index contributed by atoms with van der Waals surface area (Å²) in [7, 11) is 0. The molecule has 0 spiro atoms. The van der Waals surface area contributed by atoms with Crippen LogP contribution in [0.2, 0.25) is 0 Å². The van der Waals surface area contributed by atoms with Gasteiger partial charge in [-0.2, -0.15) is 0 Å². The molecule has 5 heteroatoms. The lowest BCUT2D eigenvalue weighted by atomic mass is 10.3. The van der Waals surface area contributed by atoms with Crippen LogP contribution in [-0.2, 0) is 13.0 Å². The number of rotatable bonds is 6. The Hall–Kier alpha value is -1.91. The van der Waals surface area contributed by atoms with Gasteiger partial charge in [-0.15, -0.1) is 0 Å². The lowest BCUT2D eigenvalue weighted by Gasteiger charge is -2.08. The van der Waals surface area contributed by atoms with Gasteiger partial charge in [0.2, 0.25) is 0 Å². The molecule has 0 saturated carbocycles. The van der Waals surface area contributed by atoms with E-state index in [1.807, 2.05) is 25.5 Å². The summed E-state index contributed by atoms with van der Waals surface area (Å²) in [6.07, 6.45) is 7.59. The fraction of sp³-hybridized carbons (Fsp3) is 0.462. The second-order valence-corrected chi connectivity index (χ2v) is 4.23. The zero-order valence-electron chi connectivity index (χ0n) is 10.9. The average molecular weight is 245 g/mol. The number of nitrogens with one attached hydrogen (secondary N) is 1. The zero-order chi connectivity index (χ0) is 12.8. The molecule has 96 valence electrons. The Morgan fingerprint density at radius 2 is 2.22 bits per heavy atom. The monoisotopic (exact) mass is 245 g/mol. The van der Waals surface area contributed by atoms with Gasteiger partial charge in [-0.25, -0.2) is 15.0 Å². The number of anilines is 1. The van der Waals surface area contributed by atoms with Gasteiger partial charge in [-0.05, 0) is 19.8 Å². The molecular formula is C13H19N5. The Bertz CT molecular complexity index is 478. The second kappa shape index (κ2) is 6.14. The molecule has 0 fully saturated rings. The van der Waals surface area contributed by atoms with Gasteiger partial charge in [-0.3, -0.25) is 0 Å². The van der Waals surface area contributed by atoms with E-state index in [1.54, 1.807) is 6.20 Å². The van der Waals surface area contributed by atoms with Crippen LogP contribution in [0, 0.1) is 6.92 Å². The first-order chi connectivity index (χ1) is 8.78. The van der Waals surface area contributed by atoms with Gasteiger partial charge in [0.1, 0.15) is 11.6 Å². The van der Waals surface area contributed by atoms with E-state index in [9.17, 15) is 0 Å². The highest BCUT2D eigenvalue weighted by Crippen LogP contribution is 2.07. The summed E-state index contributed by atoms with van der Waals surface area (Å²) in [5, 5.41) is 3.34. The maximum atomic E-state index is 4.37. The third kappa shape index (κ3) is 3.55. The quantitative estimate of drug-likeness (QED) is 0.791. The van der Waals surface area contributed by atoms with E-state index in [-0.39, 0.29) is 0 Å². The molecule has 0 aromatic carbocycles. The largest absolute Gasteiger partial charge is 0.370 e. The maximum Gasteiger partial charge on any atom is 0.129 e. The van der Waals surface area contributed by atoms with Crippen molar-refractivity contribution < 1.29 is 0 Å². The summed E-state index contributed by atoms with van der Waals surface area (Å²) < 4.78 is 2.07. The SMILES string of the molecule is CCc1cc(NCCCn2ccnc2)nc(C)n1. The zero-order valence-corrected chi connectivity index (χ0v) is 10.9. The number of hydrogen-bond acceptors (Lipinski definition) is 4. The van der Waals surface area contributed by atoms with Gasteiger partial charge in [-0.1, -0.05) is 6.92 Å². The number of nitrogens with zero attached hydrogens (tertiary/aromatic N) is 4. The van der Waals surface area contributed by atoms with E-state index in [0.717, 1.165) is 43.3 Å². The summed E-state index contributed by atoms with van der Waals surface area (Å²) >= 11 is 0. The first-order valence-corrected chi connectivity index (χ1v) is 6.32. The number of aromatic nitrogens is 4. The fourth-order valence-electron chi connectivity index (χ4n) is 1.80. The van der Waals surface area contributed by atoms with E-state index in [4.69, 9.17) is 0 Å². The summed E-state index contributed by atoms with van der Waals surface area (Å²) in [5.41, 5.74) is 1.08. The van der Waals surface area contributed by atoms with Crippen LogP contribution in [0.25, 0.3) is 0 Å². The van der Waals surface area contributed by atoms with Gasteiger partial charge in [0.15, 0.2) is 0 Å². The van der Waals surface area contributed by atoms with Crippen LogP contribution < -0.4 is 5.32 Å². The van der Waals surface area contributed by atoms with Crippen LogP contribution in [0.3, 0.4) is 0 Å². The topological polar surface area (TPSA) is 55.6 Å². The third-order valence-electron chi connectivity index (χ3n) is 2.71. The Labute approximate surface area is 107 Å². The number of imidazole rings is 1. The standard InChI is InChI=1S/C13H19N5/c1-3-12-9-13(17-11(2)16-12)15-5-4-7-18-8-6-14-10-18/h6,8-10H,3-5,7H2,1-2H3,(H,15,16,17). The van der Waals surface area contributed by atoms with Crippen molar-refractivity contribution in [2.75, 3.05) is 11.9 Å². The number of aryl methyl sites for hydroxylation is 3. The van der Waals surface area contributed by atoms with E-state index < -0.39 is 0 Å². The van der Waals surface area contributed by atoms with Gasteiger partial charge in [0.05, 0.1) is 6.33 Å². The summed E-state index contributed by atoms with van der Waals surface area (Å²) in [5.74, 6) is 1.75. The first-order valence-electron chi connectivity index (χ1n) is 6.32. The molecule has 5 nitrogen and oxygen atoms in total. The third-order valence-corrected chi connectivity index (χ3v) is 2.71.